The number of rotatable bonds is 4. The van der Waals surface area contributed by atoms with E-state index >= 15 is 0 Å². The van der Waals surface area contributed by atoms with Gasteiger partial charge in [-0.05, 0) is 32.0 Å². The number of hydrogen-bond donors (Lipinski definition) is 1. The highest BCUT2D eigenvalue weighted by Gasteiger charge is 2.34. The number of aromatic nitrogens is 4. The Hall–Kier alpha value is -3.71. The molecule has 32 heavy (non-hydrogen) atoms. The number of anilines is 1. The highest BCUT2D eigenvalue weighted by atomic mass is 35.5. The van der Waals surface area contributed by atoms with Crippen molar-refractivity contribution < 1.29 is 17.6 Å². The Morgan fingerprint density at radius 3 is 2.59 bits per heavy atom. The lowest BCUT2D eigenvalue weighted by Crippen LogP contribution is -2.12. The summed E-state index contributed by atoms with van der Waals surface area (Å²) in [5.74, 6) is 0. The molecule has 4 rings (SSSR count). The number of benzene rings is 1. The molecule has 0 spiro atoms. The summed E-state index contributed by atoms with van der Waals surface area (Å²) in [7, 11) is 0. The van der Waals surface area contributed by atoms with Gasteiger partial charge in [-0.1, -0.05) is 11.6 Å². The molecule has 0 amide bonds. The minimum absolute atomic E-state index is 0.00457. The highest BCUT2D eigenvalue weighted by Crippen LogP contribution is 2.38. The van der Waals surface area contributed by atoms with Crippen molar-refractivity contribution in [1.29, 1.82) is 5.26 Å². The summed E-state index contributed by atoms with van der Waals surface area (Å²) in [6.45, 7) is 3.55. The maximum atomic E-state index is 13.1. The lowest BCUT2D eigenvalue weighted by atomic mass is 10.1. The predicted octanol–water partition coefficient (Wildman–Crippen LogP) is 5.71. The van der Waals surface area contributed by atoms with E-state index in [0.717, 1.165) is 12.1 Å². The van der Waals surface area contributed by atoms with Gasteiger partial charge in [0, 0.05) is 18.5 Å². The van der Waals surface area contributed by atoms with E-state index in [2.05, 4.69) is 25.3 Å². The number of oxazole rings is 1. The average molecular weight is 459 g/mol. The smallest absolute Gasteiger partial charge is 0.417 e. The van der Waals surface area contributed by atoms with Crippen molar-refractivity contribution in [3.63, 3.8) is 0 Å². The van der Waals surface area contributed by atoms with E-state index < -0.39 is 22.8 Å². The second kappa shape index (κ2) is 8.09. The van der Waals surface area contributed by atoms with Crippen molar-refractivity contribution in [2.75, 3.05) is 5.32 Å². The van der Waals surface area contributed by atoms with Gasteiger partial charge in [0.25, 0.3) is 6.01 Å². The van der Waals surface area contributed by atoms with E-state index in [4.69, 9.17) is 21.3 Å². The number of alkyl halides is 3. The monoisotopic (exact) mass is 458 g/mol. The third kappa shape index (κ3) is 4.20. The number of aryl methyl sites for hydroxylation is 1. The van der Waals surface area contributed by atoms with Gasteiger partial charge in [-0.25, -0.2) is 0 Å². The van der Waals surface area contributed by atoms with Crippen molar-refractivity contribution in [3.8, 4) is 17.5 Å². The molecule has 0 bridgehead atoms. The second-order valence-electron chi connectivity index (χ2n) is 6.97. The zero-order valence-electron chi connectivity index (χ0n) is 16.7. The van der Waals surface area contributed by atoms with Gasteiger partial charge < -0.3 is 9.73 Å². The number of hydrogen-bond acceptors (Lipinski definition) is 7. The standard InChI is InChI=1S/C21H14ClF3N6O/c1-10-8-28-19(15-4-3-12(7-26)9-27-15)18(29-10)11(2)30-20-31-16-5-13(21(23,24)25)14(22)6-17(16)32-20/h3-6,8-9,11H,1-2H3,(H,30,31)/t11-/m0/s1. The van der Waals surface area contributed by atoms with Crippen LogP contribution in [0.2, 0.25) is 5.02 Å². The van der Waals surface area contributed by atoms with Crippen LogP contribution in [0.15, 0.2) is 41.1 Å². The van der Waals surface area contributed by atoms with Crippen LogP contribution >= 0.6 is 11.6 Å². The van der Waals surface area contributed by atoms with Crippen LogP contribution in [0.5, 0.6) is 0 Å². The average Bonchev–Trinajstić information content (AvgIpc) is 3.13. The van der Waals surface area contributed by atoms with E-state index in [1.165, 1.54) is 6.20 Å². The molecule has 1 aromatic carbocycles. The number of fused-ring (bicyclic) bond motifs is 1. The molecule has 3 heterocycles. The van der Waals surface area contributed by atoms with Gasteiger partial charge in [-0.2, -0.15) is 23.4 Å². The number of nitrogens with one attached hydrogen (secondary N) is 1. The van der Waals surface area contributed by atoms with E-state index in [9.17, 15) is 13.2 Å². The number of halogens is 4. The summed E-state index contributed by atoms with van der Waals surface area (Å²) in [6, 6.07) is 6.73. The Morgan fingerprint density at radius 1 is 1.16 bits per heavy atom. The Morgan fingerprint density at radius 2 is 1.94 bits per heavy atom. The maximum absolute atomic E-state index is 13.1. The zero-order chi connectivity index (χ0) is 23.0. The minimum Gasteiger partial charge on any atom is -0.423 e. The maximum Gasteiger partial charge on any atom is 0.417 e. The van der Waals surface area contributed by atoms with Gasteiger partial charge in [0.1, 0.15) is 17.3 Å². The normalized spacial score (nSPS) is 12.5. The van der Waals surface area contributed by atoms with E-state index in [-0.39, 0.29) is 17.1 Å². The van der Waals surface area contributed by atoms with Crippen LogP contribution < -0.4 is 5.32 Å². The highest BCUT2D eigenvalue weighted by molar-refractivity contribution is 6.32. The Bertz CT molecular complexity index is 1340. The Balaban J connectivity index is 1.68. The number of nitrogens with zero attached hydrogens (tertiary/aromatic N) is 5. The summed E-state index contributed by atoms with van der Waals surface area (Å²) in [5.41, 5.74) is 1.73. The molecular weight excluding hydrogens is 445 g/mol. The lowest BCUT2D eigenvalue weighted by Gasteiger charge is -2.15. The van der Waals surface area contributed by atoms with Crippen molar-refractivity contribution >= 4 is 28.7 Å². The van der Waals surface area contributed by atoms with Crippen LogP contribution in [0.1, 0.15) is 35.5 Å². The summed E-state index contributed by atoms with van der Waals surface area (Å²) in [6.07, 6.45) is -1.58. The fraction of sp³-hybridized carbons (Fsp3) is 0.190. The van der Waals surface area contributed by atoms with Crippen molar-refractivity contribution in [2.24, 2.45) is 0 Å². The van der Waals surface area contributed by atoms with E-state index in [0.29, 0.717) is 28.3 Å². The van der Waals surface area contributed by atoms with Gasteiger partial charge >= 0.3 is 6.18 Å². The number of pyridine rings is 1. The molecule has 1 atom stereocenters. The SMILES string of the molecule is Cc1cnc(-c2ccc(C#N)cn2)c([C@H](C)Nc2nc3cc(C(F)(F)F)c(Cl)cc3o2)n1. The second-order valence-corrected chi connectivity index (χ2v) is 7.38. The molecular formula is C21H14ClF3N6O. The van der Waals surface area contributed by atoms with Gasteiger partial charge in [0.05, 0.1) is 39.3 Å². The minimum atomic E-state index is -4.61. The molecule has 0 unspecified atom stereocenters. The number of nitriles is 1. The summed E-state index contributed by atoms with van der Waals surface area (Å²) >= 11 is 5.75. The first-order chi connectivity index (χ1) is 15.2. The van der Waals surface area contributed by atoms with Gasteiger partial charge in [-0.3, -0.25) is 15.0 Å². The lowest BCUT2D eigenvalue weighted by molar-refractivity contribution is -0.137. The zero-order valence-corrected chi connectivity index (χ0v) is 17.5. The molecule has 0 aliphatic carbocycles. The van der Waals surface area contributed by atoms with Crippen molar-refractivity contribution in [2.45, 2.75) is 26.1 Å². The first-order valence-electron chi connectivity index (χ1n) is 9.29. The van der Waals surface area contributed by atoms with Crippen LogP contribution in [0, 0.1) is 18.3 Å². The van der Waals surface area contributed by atoms with Crippen LogP contribution in [-0.2, 0) is 6.18 Å². The molecule has 3 aromatic heterocycles. The molecule has 162 valence electrons. The summed E-state index contributed by atoms with van der Waals surface area (Å²) < 4.78 is 44.9. The van der Waals surface area contributed by atoms with Gasteiger partial charge in [0.15, 0.2) is 5.58 Å². The van der Waals surface area contributed by atoms with Crippen LogP contribution in [0.4, 0.5) is 19.2 Å². The molecule has 0 saturated carbocycles. The van der Waals surface area contributed by atoms with E-state index in [1.807, 2.05) is 6.07 Å². The van der Waals surface area contributed by atoms with Gasteiger partial charge in [-0.15, -0.1) is 0 Å². The quantitative estimate of drug-likeness (QED) is 0.418. The molecule has 11 heteroatoms. The largest absolute Gasteiger partial charge is 0.423 e. The summed E-state index contributed by atoms with van der Waals surface area (Å²) in [5, 5.41) is 11.5. The van der Waals surface area contributed by atoms with Gasteiger partial charge in [0.2, 0.25) is 0 Å². The molecule has 0 saturated heterocycles. The molecule has 1 N–H and O–H groups in total. The fourth-order valence-electron chi connectivity index (χ4n) is 3.08. The van der Waals surface area contributed by atoms with Crippen LogP contribution in [0.3, 0.4) is 0 Å². The van der Waals surface area contributed by atoms with E-state index in [1.54, 1.807) is 32.2 Å². The topological polar surface area (TPSA) is 101 Å². The van der Waals surface area contributed by atoms with Crippen molar-refractivity contribution in [3.05, 3.63) is 64.2 Å². The molecule has 0 aliphatic rings. The molecule has 0 radical (unpaired) electrons. The molecule has 0 aliphatic heterocycles. The first kappa shape index (κ1) is 21.5. The molecule has 7 nitrogen and oxygen atoms in total. The Kier molecular flexibility index (Phi) is 5.44. The van der Waals surface area contributed by atoms with Crippen molar-refractivity contribution in [1.82, 2.24) is 19.9 Å². The molecule has 4 aromatic rings. The third-order valence-corrected chi connectivity index (χ3v) is 4.90. The van der Waals surface area contributed by atoms with Crippen LogP contribution in [-0.4, -0.2) is 19.9 Å². The molecule has 0 fully saturated rings. The fourth-order valence-corrected chi connectivity index (χ4v) is 3.34. The Labute approximate surface area is 184 Å². The predicted molar refractivity (Wildman–Crippen MR) is 111 cm³/mol. The van der Waals surface area contributed by atoms with Crippen LogP contribution in [0.25, 0.3) is 22.5 Å². The summed E-state index contributed by atoms with van der Waals surface area (Å²) in [4.78, 5) is 17.3. The third-order valence-electron chi connectivity index (χ3n) is 4.59. The first-order valence-corrected chi connectivity index (χ1v) is 9.67.